The fraction of sp³-hybridized carbons (Fsp3) is 0.409. The van der Waals surface area contributed by atoms with Gasteiger partial charge in [0.1, 0.15) is 11.9 Å². The summed E-state index contributed by atoms with van der Waals surface area (Å²) in [6.45, 7) is 8.03. The summed E-state index contributed by atoms with van der Waals surface area (Å²) in [6, 6.07) is 4.83. The minimum Gasteiger partial charge on any atom is -0.398 e. The first kappa shape index (κ1) is 23.2. The number of hydrogen-bond acceptors (Lipinski definition) is 6. The number of nitrogens with two attached hydrogens (primary N) is 2. The van der Waals surface area contributed by atoms with Crippen molar-refractivity contribution < 1.29 is 14.7 Å². The number of carbonyl (C=O) groups excluding carboxylic acids is 2. The molecule has 1 aromatic rings. The van der Waals surface area contributed by atoms with E-state index in [1.54, 1.807) is 25.3 Å². The third-order valence-electron chi connectivity index (χ3n) is 5.12. The van der Waals surface area contributed by atoms with E-state index < -0.39 is 11.9 Å². The Hall–Kier alpha value is -3.13. The molecule has 0 saturated carbocycles. The molecule has 30 heavy (non-hydrogen) atoms. The van der Waals surface area contributed by atoms with E-state index in [0.717, 1.165) is 18.4 Å². The van der Waals surface area contributed by atoms with Crippen molar-refractivity contribution in [2.75, 3.05) is 6.61 Å². The summed E-state index contributed by atoms with van der Waals surface area (Å²) in [4.78, 5) is 29.7. The van der Waals surface area contributed by atoms with Crippen LogP contribution in [0.4, 0.5) is 0 Å². The SMILES string of the molecule is C=C(/N=C\C=C(/N)c1ccc2c(c1)C(=O)N([C@H](C)C(N)=O)C2)NC(CCC)CCO. The van der Waals surface area contributed by atoms with Crippen LogP contribution in [0.25, 0.3) is 5.70 Å². The van der Waals surface area contributed by atoms with E-state index in [0.29, 0.717) is 35.6 Å². The Morgan fingerprint density at radius 1 is 1.40 bits per heavy atom. The number of aliphatic hydroxyl groups is 1. The molecular formula is C22H31N5O3. The molecule has 1 aliphatic rings. The molecule has 2 rings (SSSR count). The van der Waals surface area contributed by atoms with Crippen LogP contribution >= 0.6 is 0 Å². The Balaban J connectivity index is 2.06. The molecule has 8 nitrogen and oxygen atoms in total. The van der Waals surface area contributed by atoms with Crippen molar-refractivity contribution in [1.29, 1.82) is 0 Å². The molecule has 2 atom stereocenters. The Morgan fingerprint density at radius 3 is 2.77 bits per heavy atom. The fourth-order valence-electron chi connectivity index (χ4n) is 3.34. The quantitative estimate of drug-likeness (QED) is 0.408. The van der Waals surface area contributed by atoms with Crippen molar-refractivity contribution in [3.05, 3.63) is 53.4 Å². The second-order valence-corrected chi connectivity index (χ2v) is 7.37. The van der Waals surface area contributed by atoms with Crippen LogP contribution in [0.15, 0.2) is 41.7 Å². The number of nitrogens with zero attached hydrogens (tertiary/aromatic N) is 2. The number of aliphatic hydroxyl groups excluding tert-OH is 1. The molecule has 0 bridgehead atoms. The number of fused-ring (bicyclic) bond motifs is 1. The highest BCUT2D eigenvalue weighted by atomic mass is 16.3. The highest BCUT2D eigenvalue weighted by Gasteiger charge is 2.33. The van der Waals surface area contributed by atoms with Crippen LogP contribution in [-0.2, 0) is 11.3 Å². The van der Waals surface area contributed by atoms with Crippen LogP contribution < -0.4 is 16.8 Å². The van der Waals surface area contributed by atoms with E-state index in [2.05, 4.69) is 23.8 Å². The lowest BCUT2D eigenvalue weighted by Crippen LogP contribution is -2.42. The van der Waals surface area contributed by atoms with E-state index in [4.69, 9.17) is 16.6 Å². The molecule has 1 unspecified atom stereocenters. The van der Waals surface area contributed by atoms with Crippen molar-refractivity contribution in [3.63, 3.8) is 0 Å². The van der Waals surface area contributed by atoms with Gasteiger partial charge in [0.05, 0.1) is 0 Å². The van der Waals surface area contributed by atoms with Crippen molar-refractivity contribution in [2.24, 2.45) is 16.5 Å². The van der Waals surface area contributed by atoms with E-state index in [1.807, 2.05) is 12.1 Å². The van der Waals surface area contributed by atoms with E-state index >= 15 is 0 Å². The topological polar surface area (TPSA) is 134 Å². The summed E-state index contributed by atoms with van der Waals surface area (Å²) in [5, 5.41) is 12.3. The number of hydrogen-bond donors (Lipinski definition) is 4. The minimum absolute atomic E-state index is 0.105. The number of primary amides is 1. The Labute approximate surface area is 177 Å². The maximum Gasteiger partial charge on any atom is 0.255 e. The monoisotopic (exact) mass is 413 g/mol. The van der Waals surface area contributed by atoms with Gasteiger partial charge >= 0.3 is 0 Å². The van der Waals surface area contributed by atoms with Gasteiger partial charge in [-0.1, -0.05) is 32.1 Å². The normalized spacial score (nSPS) is 15.9. The summed E-state index contributed by atoms with van der Waals surface area (Å²) in [6.07, 6.45) is 5.73. The Kier molecular flexibility index (Phi) is 8.17. The number of benzene rings is 1. The van der Waals surface area contributed by atoms with Gasteiger partial charge in [0, 0.05) is 36.7 Å². The first-order valence-electron chi connectivity index (χ1n) is 10.1. The van der Waals surface area contributed by atoms with Crippen molar-refractivity contribution in [3.8, 4) is 0 Å². The minimum atomic E-state index is -0.672. The smallest absolute Gasteiger partial charge is 0.255 e. The lowest BCUT2D eigenvalue weighted by molar-refractivity contribution is -0.122. The van der Waals surface area contributed by atoms with Crippen LogP contribution in [-0.4, -0.2) is 46.7 Å². The molecule has 8 heteroatoms. The largest absolute Gasteiger partial charge is 0.398 e. The summed E-state index contributed by atoms with van der Waals surface area (Å²) in [5.41, 5.74) is 14.0. The van der Waals surface area contributed by atoms with Gasteiger partial charge in [0.25, 0.3) is 5.91 Å². The van der Waals surface area contributed by atoms with Gasteiger partial charge < -0.3 is 26.8 Å². The molecule has 2 amide bonds. The fourth-order valence-corrected chi connectivity index (χ4v) is 3.34. The average Bonchev–Trinajstić information content (AvgIpc) is 3.03. The third-order valence-corrected chi connectivity index (χ3v) is 5.12. The molecular weight excluding hydrogens is 382 g/mol. The molecule has 1 aromatic carbocycles. The van der Waals surface area contributed by atoms with Crippen LogP contribution in [0.3, 0.4) is 0 Å². The second-order valence-electron chi connectivity index (χ2n) is 7.37. The highest BCUT2D eigenvalue weighted by Crippen LogP contribution is 2.27. The van der Waals surface area contributed by atoms with Crippen LogP contribution in [0, 0.1) is 0 Å². The average molecular weight is 414 g/mol. The molecule has 162 valence electrons. The van der Waals surface area contributed by atoms with Crippen molar-refractivity contribution >= 4 is 23.7 Å². The molecule has 6 N–H and O–H groups in total. The number of allylic oxidation sites excluding steroid dienone is 1. The summed E-state index contributed by atoms with van der Waals surface area (Å²) >= 11 is 0. The molecule has 1 aliphatic heterocycles. The zero-order chi connectivity index (χ0) is 22.3. The second kappa shape index (κ2) is 10.6. The number of nitrogens with one attached hydrogen (secondary N) is 1. The molecule has 0 spiro atoms. The van der Waals surface area contributed by atoms with E-state index in [-0.39, 0.29) is 18.6 Å². The van der Waals surface area contributed by atoms with Crippen LogP contribution in [0.5, 0.6) is 0 Å². The van der Waals surface area contributed by atoms with Crippen LogP contribution in [0.1, 0.15) is 54.6 Å². The number of aliphatic imine (C=N–C) groups is 1. The van der Waals surface area contributed by atoms with Gasteiger partial charge in [0.15, 0.2) is 0 Å². The molecule has 0 aromatic heterocycles. The first-order valence-corrected chi connectivity index (χ1v) is 10.1. The summed E-state index contributed by atoms with van der Waals surface area (Å²) < 4.78 is 0. The lowest BCUT2D eigenvalue weighted by atomic mass is 10.0. The summed E-state index contributed by atoms with van der Waals surface area (Å²) in [5.74, 6) is -0.282. The zero-order valence-corrected chi connectivity index (χ0v) is 17.6. The predicted molar refractivity (Wildman–Crippen MR) is 118 cm³/mol. The van der Waals surface area contributed by atoms with Crippen molar-refractivity contribution in [2.45, 2.75) is 51.7 Å². The molecule has 0 aliphatic carbocycles. The number of carbonyl (C=O) groups is 2. The van der Waals surface area contributed by atoms with Crippen molar-refractivity contribution in [1.82, 2.24) is 10.2 Å². The van der Waals surface area contributed by atoms with E-state index in [9.17, 15) is 9.59 Å². The standard InChI is InChI=1S/C22H31N5O3/c1-4-5-18(9-11-28)26-15(3)25-10-8-20(23)16-6-7-17-13-27(14(2)21(24)29)22(30)19(17)12-16/h6-8,10,12,14,18,26,28H,3-5,9,11,13,23H2,1-2H3,(H2,24,29)/b20-8-,25-10-/t14-,18?/m1/s1. The Morgan fingerprint density at radius 2 is 2.13 bits per heavy atom. The number of amides is 2. The third kappa shape index (κ3) is 5.70. The number of rotatable bonds is 11. The Bertz CT molecular complexity index is 856. The maximum atomic E-state index is 12.6. The van der Waals surface area contributed by atoms with Gasteiger partial charge in [0.2, 0.25) is 5.91 Å². The molecule has 0 saturated heterocycles. The molecule has 0 fully saturated rings. The first-order chi connectivity index (χ1) is 14.3. The van der Waals surface area contributed by atoms with Gasteiger partial charge in [-0.25, -0.2) is 4.99 Å². The van der Waals surface area contributed by atoms with Gasteiger partial charge in [-0.3, -0.25) is 9.59 Å². The molecule has 0 radical (unpaired) electrons. The molecule has 1 heterocycles. The van der Waals surface area contributed by atoms with Gasteiger partial charge in [-0.05, 0) is 43.0 Å². The van der Waals surface area contributed by atoms with Gasteiger partial charge in [-0.15, -0.1) is 0 Å². The van der Waals surface area contributed by atoms with Crippen LogP contribution in [0.2, 0.25) is 0 Å². The van der Waals surface area contributed by atoms with E-state index in [1.165, 1.54) is 4.90 Å². The van der Waals surface area contributed by atoms with Gasteiger partial charge in [-0.2, -0.15) is 0 Å². The highest BCUT2D eigenvalue weighted by molar-refractivity contribution is 6.01. The lowest BCUT2D eigenvalue weighted by Gasteiger charge is -2.20. The summed E-state index contributed by atoms with van der Waals surface area (Å²) in [7, 11) is 0. The zero-order valence-electron chi connectivity index (χ0n) is 17.6. The maximum absolute atomic E-state index is 12.6. The predicted octanol–water partition coefficient (Wildman–Crippen LogP) is 1.50.